The lowest BCUT2D eigenvalue weighted by atomic mass is 10.0. The summed E-state index contributed by atoms with van der Waals surface area (Å²) in [5, 5.41) is 4.82. The molecule has 6 nitrogen and oxygen atoms in total. The summed E-state index contributed by atoms with van der Waals surface area (Å²) >= 11 is 11.9. The highest BCUT2D eigenvalue weighted by Gasteiger charge is 2.42. The molecule has 0 aliphatic carbocycles. The third kappa shape index (κ3) is 4.46. The van der Waals surface area contributed by atoms with Crippen molar-refractivity contribution in [1.29, 1.82) is 0 Å². The van der Waals surface area contributed by atoms with Crippen LogP contribution in [-0.2, 0) is 4.74 Å². The molecule has 0 spiro atoms. The minimum absolute atomic E-state index is 0.165. The molecule has 0 unspecified atom stereocenters. The number of rotatable bonds is 5. The van der Waals surface area contributed by atoms with E-state index < -0.39 is 0 Å². The highest BCUT2D eigenvalue weighted by molar-refractivity contribution is 7.80. The zero-order chi connectivity index (χ0) is 24.5. The Morgan fingerprint density at radius 1 is 0.889 bits per heavy atom. The number of halogens is 1. The zero-order valence-corrected chi connectivity index (χ0v) is 21.1. The number of hydrogen-bond acceptors (Lipinski definition) is 5. The average molecular weight is 517 g/mol. The van der Waals surface area contributed by atoms with Crippen LogP contribution in [0, 0.1) is 0 Å². The Balaban J connectivity index is 1.37. The number of anilines is 2. The summed E-state index contributed by atoms with van der Waals surface area (Å²) in [7, 11) is 0. The van der Waals surface area contributed by atoms with Gasteiger partial charge >= 0.3 is 0 Å². The molecule has 36 heavy (non-hydrogen) atoms. The van der Waals surface area contributed by atoms with Gasteiger partial charge in [0, 0.05) is 41.2 Å². The second-order valence-electron chi connectivity index (χ2n) is 8.82. The van der Waals surface area contributed by atoms with Crippen molar-refractivity contribution in [2.24, 2.45) is 0 Å². The molecule has 6 rings (SSSR count). The monoisotopic (exact) mass is 516 g/mol. The standard InChI is InChI=1S/C28H25ClN4O2S/c29-20-6-4-19(5-7-20)24-12-13-25(35-24)27-26(23-3-1-2-14-30-23)31-28(36)33(27)22-10-8-21(9-11-22)32-15-17-34-18-16-32/h1-14,26-27H,15-18H2,(H,31,36)/t26-,27-/m1/s1. The van der Waals surface area contributed by atoms with Gasteiger partial charge in [-0.25, -0.2) is 0 Å². The maximum Gasteiger partial charge on any atom is 0.174 e. The van der Waals surface area contributed by atoms with Crippen LogP contribution in [-0.4, -0.2) is 36.4 Å². The minimum Gasteiger partial charge on any atom is -0.459 e. The quantitative estimate of drug-likeness (QED) is 0.326. The third-order valence-corrected chi connectivity index (χ3v) is 7.22. The van der Waals surface area contributed by atoms with Crippen molar-refractivity contribution < 1.29 is 9.15 Å². The molecule has 2 saturated heterocycles. The van der Waals surface area contributed by atoms with Gasteiger partial charge in [0.2, 0.25) is 0 Å². The summed E-state index contributed by atoms with van der Waals surface area (Å²) < 4.78 is 11.9. The topological polar surface area (TPSA) is 53.8 Å². The lowest BCUT2D eigenvalue weighted by Crippen LogP contribution is -2.36. The van der Waals surface area contributed by atoms with Gasteiger partial charge in [0.1, 0.15) is 17.6 Å². The number of benzene rings is 2. The van der Waals surface area contributed by atoms with Gasteiger partial charge in [-0.15, -0.1) is 0 Å². The summed E-state index contributed by atoms with van der Waals surface area (Å²) in [6.07, 6.45) is 1.80. The van der Waals surface area contributed by atoms with E-state index in [1.165, 1.54) is 5.69 Å². The van der Waals surface area contributed by atoms with Crippen molar-refractivity contribution in [1.82, 2.24) is 10.3 Å². The predicted octanol–water partition coefficient (Wildman–Crippen LogP) is 6.01. The van der Waals surface area contributed by atoms with Crippen molar-refractivity contribution >= 4 is 40.3 Å². The molecule has 0 bridgehead atoms. The Morgan fingerprint density at radius 3 is 2.36 bits per heavy atom. The molecule has 2 aliphatic heterocycles. The van der Waals surface area contributed by atoms with Crippen LogP contribution in [0.25, 0.3) is 11.3 Å². The molecule has 0 radical (unpaired) electrons. The number of morpholine rings is 1. The van der Waals surface area contributed by atoms with E-state index in [0.29, 0.717) is 10.1 Å². The van der Waals surface area contributed by atoms with Crippen LogP contribution in [0.2, 0.25) is 5.02 Å². The number of pyridine rings is 1. The van der Waals surface area contributed by atoms with Gasteiger partial charge in [0.15, 0.2) is 5.11 Å². The fourth-order valence-corrected chi connectivity index (χ4v) is 5.32. The maximum atomic E-state index is 6.43. The lowest BCUT2D eigenvalue weighted by molar-refractivity contribution is 0.122. The van der Waals surface area contributed by atoms with Crippen LogP contribution in [0.15, 0.2) is 89.5 Å². The van der Waals surface area contributed by atoms with Gasteiger partial charge in [-0.1, -0.05) is 17.7 Å². The van der Waals surface area contributed by atoms with Gasteiger partial charge in [0.25, 0.3) is 0 Å². The van der Waals surface area contributed by atoms with E-state index in [9.17, 15) is 0 Å². The van der Waals surface area contributed by atoms with Crippen LogP contribution in [0.1, 0.15) is 23.5 Å². The Bertz CT molecular complexity index is 1340. The van der Waals surface area contributed by atoms with Crippen molar-refractivity contribution in [3.8, 4) is 11.3 Å². The van der Waals surface area contributed by atoms with Crippen LogP contribution >= 0.6 is 23.8 Å². The van der Waals surface area contributed by atoms with Gasteiger partial charge in [0.05, 0.1) is 24.9 Å². The molecular weight excluding hydrogens is 492 g/mol. The van der Waals surface area contributed by atoms with Crippen molar-refractivity contribution in [3.05, 3.63) is 102 Å². The Morgan fingerprint density at radius 2 is 1.64 bits per heavy atom. The molecule has 2 aliphatic rings. The summed E-state index contributed by atoms with van der Waals surface area (Å²) in [6, 6.07) is 25.8. The average Bonchev–Trinajstić information content (AvgIpc) is 3.55. The minimum atomic E-state index is -0.206. The molecule has 0 saturated carbocycles. The van der Waals surface area contributed by atoms with Crippen molar-refractivity contribution in [3.63, 3.8) is 0 Å². The van der Waals surface area contributed by atoms with Gasteiger partial charge in [-0.3, -0.25) is 4.98 Å². The largest absolute Gasteiger partial charge is 0.459 e. The molecule has 4 aromatic rings. The Kier molecular flexibility index (Phi) is 6.35. The van der Waals surface area contributed by atoms with E-state index >= 15 is 0 Å². The molecule has 2 aromatic heterocycles. The fourth-order valence-electron chi connectivity index (χ4n) is 4.85. The third-order valence-electron chi connectivity index (χ3n) is 6.65. The van der Waals surface area contributed by atoms with Crippen LogP contribution in [0.3, 0.4) is 0 Å². The highest BCUT2D eigenvalue weighted by Crippen LogP contribution is 2.43. The van der Waals surface area contributed by atoms with E-state index in [1.54, 1.807) is 6.20 Å². The molecule has 182 valence electrons. The van der Waals surface area contributed by atoms with Crippen molar-refractivity contribution in [2.75, 3.05) is 36.1 Å². The van der Waals surface area contributed by atoms with Gasteiger partial charge in [-0.2, -0.15) is 0 Å². The van der Waals surface area contributed by atoms with E-state index in [1.807, 2.05) is 54.6 Å². The smallest absolute Gasteiger partial charge is 0.174 e. The van der Waals surface area contributed by atoms with Crippen LogP contribution in [0.4, 0.5) is 11.4 Å². The lowest BCUT2D eigenvalue weighted by Gasteiger charge is -2.30. The first-order valence-electron chi connectivity index (χ1n) is 12.0. The first-order chi connectivity index (χ1) is 17.7. The summed E-state index contributed by atoms with van der Waals surface area (Å²) in [4.78, 5) is 9.09. The van der Waals surface area contributed by atoms with Gasteiger partial charge in [-0.05, 0) is 85.0 Å². The van der Waals surface area contributed by atoms with Crippen LogP contribution < -0.4 is 15.1 Å². The van der Waals surface area contributed by atoms with Crippen molar-refractivity contribution in [2.45, 2.75) is 12.1 Å². The Hall–Kier alpha value is -3.39. The molecule has 1 N–H and O–H groups in total. The molecule has 0 amide bonds. The van der Waals surface area contributed by atoms with E-state index in [4.69, 9.17) is 33.0 Å². The summed E-state index contributed by atoms with van der Waals surface area (Å²) in [5.41, 5.74) is 4.05. The molecule has 8 heteroatoms. The number of ether oxygens (including phenoxy) is 1. The van der Waals surface area contributed by atoms with Crippen LogP contribution in [0.5, 0.6) is 0 Å². The zero-order valence-electron chi connectivity index (χ0n) is 19.5. The fraction of sp³-hybridized carbons (Fsp3) is 0.214. The first-order valence-corrected chi connectivity index (χ1v) is 12.7. The normalized spacial score (nSPS) is 20.0. The molecule has 2 aromatic carbocycles. The maximum absolute atomic E-state index is 6.43. The SMILES string of the molecule is S=C1N[C@H](c2ccccn2)[C@@H](c2ccc(-c3ccc(Cl)cc3)o2)N1c1ccc(N2CCOCC2)cc1. The molecule has 4 heterocycles. The van der Waals surface area contributed by atoms with E-state index in [2.05, 4.69) is 44.4 Å². The second kappa shape index (κ2) is 9.93. The van der Waals surface area contributed by atoms with Gasteiger partial charge < -0.3 is 24.3 Å². The number of hydrogen-bond donors (Lipinski definition) is 1. The number of nitrogens with zero attached hydrogens (tertiary/aromatic N) is 3. The predicted molar refractivity (Wildman–Crippen MR) is 147 cm³/mol. The number of nitrogens with one attached hydrogen (secondary N) is 1. The highest BCUT2D eigenvalue weighted by atomic mass is 35.5. The van der Waals surface area contributed by atoms with E-state index in [-0.39, 0.29) is 12.1 Å². The molecular formula is C28H25ClN4O2S. The number of thiocarbonyl (C=S) groups is 1. The molecule has 2 fully saturated rings. The number of furan rings is 1. The summed E-state index contributed by atoms with van der Waals surface area (Å²) in [5.74, 6) is 1.59. The number of aromatic nitrogens is 1. The Labute approximate surface area is 220 Å². The van der Waals surface area contributed by atoms with E-state index in [0.717, 1.165) is 54.8 Å². The molecule has 2 atom stereocenters. The summed E-state index contributed by atoms with van der Waals surface area (Å²) in [6.45, 7) is 3.30. The second-order valence-corrected chi connectivity index (χ2v) is 9.64. The first kappa shape index (κ1) is 23.0.